The third-order valence-corrected chi connectivity index (χ3v) is 4.79. The molecule has 0 saturated carbocycles. The zero-order chi connectivity index (χ0) is 18.3. The third kappa shape index (κ3) is 2.86. The predicted molar refractivity (Wildman–Crippen MR) is 101 cm³/mol. The van der Waals surface area contributed by atoms with E-state index in [1.807, 2.05) is 35.1 Å². The number of hydrogen-bond acceptors (Lipinski definition) is 3. The summed E-state index contributed by atoms with van der Waals surface area (Å²) in [6.07, 6.45) is 2.28. The highest BCUT2D eigenvalue weighted by atomic mass is 16.5. The van der Waals surface area contributed by atoms with Gasteiger partial charge in [0.2, 0.25) is 5.91 Å². The first kappa shape index (κ1) is 16.4. The molecule has 0 radical (unpaired) electrons. The van der Waals surface area contributed by atoms with Crippen molar-refractivity contribution in [1.82, 2.24) is 9.78 Å². The number of benzene rings is 2. The number of aromatic nitrogens is 2. The Hall–Kier alpha value is -3.08. The van der Waals surface area contributed by atoms with Crippen molar-refractivity contribution in [1.29, 1.82) is 0 Å². The molecule has 1 aromatic heterocycles. The molecule has 132 valence electrons. The van der Waals surface area contributed by atoms with Crippen LogP contribution in [0.3, 0.4) is 0 Å². The minimum Gasteiger partial charge on any atom is -0.497 e. The fraction of sp³-hybridized carbons (Fsp3) is 0.238. The van der Waals surface area contributed by atoms with Gasteiger partial charge in [0.25, 0.3) is 0 Å². The van der Waals surface area contributed by atoms with Crippen molar-refractivity contribution in [2.75, 3.05) is 12.4 Å². The number of rotatable bonds is 3. The zero-order valence-corrected chi connectivity index (χ0v) is 15.1. The molecule has 1 aliphatic heterocycles. The Bertz CT molecular complexity index is 953. The average molecular weight is 347 g/mol. The van der Waals surface area contributed by atoms with Crippen molar-refractivity contribution in [2.45, 2.75) is 26.2 Å². The second-order valence-corrected chi connectivity index (χ2v) is 6.78. The van der Waals surface area contributed by atoms with Gasteiger partial charge in [0.15, 0.2) is 0 Å². The molecule has 0 bridgehead atoms. The fourth-order valence-corrected chi connectivity index (χ4v) is 3.62. The minimum absolute atomic E-state index is 0.00411. The van der Waals surface area contributed by atoms with Crippen molar-refractivity contribution in [3.05, 3.63) is 70.9 Å². The third-order valence-electron chi connectivity index (χ3n) is 4.79. The summed E-state index contributed by atoms with van der Waals surface area (Å²) in [6.45, 7) is 4.12. The van der Waals surface area contributed by atoms with Gasteiger partial charge in [-0.05, 0) is 54.8 Å². The van der Waals surface area contributed by atoms with Crippen LogP contribution in [-0.4, -0.2) is 22.8 Å². The van der Waals surface area contributed by atoms with Crippen molar-refractivity contribution >= 4 is 11.7 Å². The molecule has 1 amide bonds. The Morgan fingerprint density at radius 2 is 1.81 bits per heavy atom. The Labute approximate surface area is 152 Å². The number of ether oxygens (including phenoxy) is 1. The van der Waals surface area contributed by atoms with Gasteiger partial charge < -0.3 is 10.1 Å². The van der Waals surface area contributed by atoms with Crippen molar-refractivity contribution in [2.24, 2.45) is 0 Å². The van der Waals surface area contributed by atoms with E-state index in [-0.39, 0.29) is 11.8 Å². The maximum absolute atomic E-state index is 12.4. The van der Waals surface area contributed by atoms with E-state index in [0.29, 0.717) is 6.42 Å². The summed E-state index contributed by atoms with van der Waals surface area (Å²) in [4.78, 5) is 12.4. The molecule has 1 atom stereocenters. The first-order chi connectivity index (χ1) is 12.5. The van der Waals surface area contributed by atoms with Gasteiger partial charge in [-0.2, -0.15) is 5.10 Å². The molecule has 26 heavy (non-hydrogen) atoms. The predicted octanol–water partition coefficient (Wildman–Crippen LogP) is 3.97. The molecule has 1 unspecified atom stereocenters. The number of fused-ring (bicyclic) bond motifs is 1. The van der Waals surface area contributed by atoms with Crippen molar-refractivity contribution < 1.29 is 9.53 Å². The zero-order valence-electron chi connectivity index (χ0n) is 15.1. The normalized spacial score (nSPS) is 16.1. The fourth-order valence-electron chi connectivity index (χ4n) is 3.62. The molecule has 0 spiro atoms. The summed E-state index contributed by atoms with van der Waals surface area (Å²) < 4.78 is 7.06. The van der Waals surface area contributed by atoms with Gasteiger partial charge >= 0.3 is 0 Å². The SMILES string of the molecule is COc1ccc(C2CC(=O)Nc3c2cnn3-c2cc(C)cc(C)c2)cc1. The van der Waals surface area contributed by atoms with Crippen LogP contribution in [0.5, 0.6) is 5.75 Å². The molecule has 0 aliphatic carbocycles. The number of methoxy groups -OCH3 is 1. The molecule has 5 nitrogen and oxygen atoms in total. The van der Waals surface area contributed by atoms with Gasteiger partial charge in [0.1, 0.15) is 11.6 Å². The molecule has 5 heteroatoms. The van der Waals surface area contributed by atoms with E-state index >= 15 is 0 Å². The van der Waals surface area contributed by atoms with E-state index in [1.165, 1.54) is 0 Å². The summed E-state index contributed by atoms with van der Waals surface area (Å²) >= 11 is 0. The smallest absolute Gasteiger partial charge is 0.226 e. The Morgan fingerprint density at radius 3 is 2.46 bits per heavy atom. The van der Waals surface area contributed by atoms with E-state index < -0.39 is 0 Å². The highest BCUT2D eigenvalue weighted by molar-refractivity contribution is 5.94. The van der Waals surface area contributed by atoms with Crippen LogP contribution in [0.2, 0.25) is 0 Å². The number of nitrogens with zero attached hydrogens (tertiary/aromatic N) is 2. The lowest BCUT2D eigenvalue weighted by Gasteiger charge is -2.24. The maximum atomic E-state index is 12.4. The van der Waals surface area contributed by atoms with E-state index in [1.54, 1.807) is 7.11 Å². The summed E-state index contributed by atoms with van der Waals surface area (Å²) in [7, 11) is 1.65. The number of amides is 1. The Kier molecular flexibility index (Phi) is 3.99. The van der Waals surface area contributed by atoms with Crippen LogP contribution in [-0.2, 0) is 4.79 Å². The molecular weight excluding hydrogens is 326 g/mol. The standard InChI is InChI=1S/C21H21N3O2/c1-13-8-14(2)10-16(9-13)24-21-19(12-22-24)18(11-20(25)23-21)15-4-6-17(26-3)7-5-15/h4-10,12,18H,11H2,1-3H3,(H,23,25). The van der Waals surface area contributed by atoms with E-state index in [2.05, 4.69) is 42.5 Å². The van der Waals surface area contributed by atoms with Gasteiger partial charge in [-0.15, -0.1) is 0 Å². The second-order valence-electron chi connectivity index (χ2n) is 6.78. The summed E-state index contributed by atoms with van der Waals surface area (Å²) in [6, 6.07) is 14.1. The van der Waals surface area contributed by atoms with Crippen LogP contribution >= 0.6 is 0 Å². The molecule has 2 heterocycles. The highest BCUT2D eigenvalue weighted by Crippen LogP contribution is 2.38. The molecule has 1 N–H and O–H groups in total. The van der Waals surface area contributed by atoms with Crippen LogP contribution in [0.1, 0.15) is 34.6 Å². The number of aryl methyl sites for hydroxylation is 2. The number of anilines is 1. The second kappa shape index (κ2) is 6.33. The van der Waals surface area contributed by atoms with Crippen molar-refractivity contribution in [3.8, 4) is 11.4 Å². The lowest BCUT2D eigenvalue weighted by atomic mass is 9.87. The van der Waals surface area contributed by atoms with E-state index in [9.17, 15) is 4.79 Å². The number of hydrogen-bond donors (Lipinski definition) is 1. The van der Waals surface area contributed by atoms with Crippen LogP contribution in [0.4, 0.5) is 5.82 Å². The summed E-state index contributed by atoms with van der Waals surface area (Å²) in [5.41, 5.74) is 5.41. The molecule has 0 saturated heterocycles. The molecule has 1 aliphatic rings. The van der Waals surface area contributed by atoms with Gasteiger partial charge in [-0.3, -0.25) is 4.79 Å². The lowest BCUT2D eigenvalue weighted by molar-refractivity contribution is -0.116. The van der Waals surface area contributed by atoms with Crippen LogP contribution < -0.4 is 10.1 Å². The van der Waals surface area contributed by atoms with Gasteiger partial charge in [-0.25, -0.2) is 4.68 Å². The van der Waals surface area contributed by atoms with Crippen LogP contribution in [0, 0.1) is 13.8 Å². The van der Waals surface area contributed by atoms with Gasteiger partial charge in [-0.1, -0.05) is 18.2 Å². The van der Waals surface area contributed by atoms with Crippen molar-refractivity contribution in [3.63, 3.8) is 0 Å². The number of carbonyl (C=O) groups excluding carboxylic acids is 1. The summed E-state index contributed by atoms with van der Waals surface area (Å²) in [5.74, 6) is 1.56. The summed E-state index contributed by atoms with van der Waals surface area (Å²) in [5, 5.41) is 7.58. The van der Waals surface area contributed by atoms with Crippen LogP contribution in [0.25, 0.3) is 5.69 Å². The van der Waals surface area contributed by atoms with Gasteiger partial charge in [0, 0.05) is 17.9 Å². The molecule has 0 fully saturated rings. The highest BCUT2D eigenvalue weighted by Gasteiger charge is 2.30. The monoisotopic (exact) mass is 347 g/mol. The maximum Gasteiger partial charge on any atom is 0.226 e. The molecule has 3 aromatic rings. The topological polar surface area (TPSA) is 56.1 Å². The minimum atomic E-state index is -0.00990. The number of carbonyl (C=O) groups is 1. The lowest BCUT2D eigenvalue weighted by Crippen LogP contribution is -2.24. The first-order valence-electron chi connectivity index (χ1n) is 8.65. The van der Waals surface area contributed by atoms with Gasteiger partial charge in [0.05, 0.1) is 19.0 Å². The number of nitrogens with one attached hydrogen (secondary N) is 1. The average Bonchev–Trinajstić information content (AvgIpc) is 3.04. The Morgan fingerprint density at radius 1 is 1.12 bits per heavy atom. The molecule has 2 aromatic carbocycles. The quantitative estimate of drug-likeness (QED) is 0.780. The largest absolute Gasteiger partial charge is 0.497 e. The van der Waals surface area contributed by atoms with Crippen LogP contribution in [0.15, 0.2) is 48.7 Å². The molecular formula is C21H21N3O2. The van der Waals surface area contributed by atoms with E-state index in [4.69, 9.17) is 4.74 Å². The first-order valence-corrected chi connectivity index (χ1v) is 8.65. The Balaban J connectivity index is 1.79. The van der Waals surface area contributed by atoms with E-state index in [0.717, 1.165) is 39.5 Å². The molecule has 4 rings (SSSR count).